The van der Waals surface area contributed by atoms with Crippen LogP contribution < -0.4 is 5.32 Å². The van der Waals surface area contributed by atoms with Crippen molar-refractivity contribution in [2.45, 2.75) is 13.8 Å². The summed E-state index contributed by atoms with van der Waals surface area (Å²) in [5.41, 5.74) is 8.33. The maximum absolute atomic E-state index is 5.85. The maximum Gasteiger partial charge on any atom is 0.0641 e. The van der Waals surface area contributed by atoms with Crippen molar-refractivity contribution in [2.75, 3.05) is 5.32 Å². The van der Waals surface area contributed by atoms with Crippen LogP contribution in [-0.4, -0.2) is 14.1 Å². The maximum atomic E-state index is 5.85. The van der Waals surface area contributed by atoms with Crippen LogP contribution in [0.3, 0.4) is 0 Å². The van der Waals surface area contributed by atoms with Crippen LogP contribution in [0, 0.1) is 0 Å². The normalized spacial score (nSPS) is 10.7. The van der Waals surface area contributed by atoms with Crippen LogP contribution in [0.2, 0.25) is 5.02 Å². The van der Waals surface area contributed by atoms with Gasteiger partial charge in [-0.15, -0.1) is 0 Å². The van der Waals surface area contributed by atoms with Gasteiger partial charge >= 0.3 is 0 Å². The molecule has 0 aliphatic carbocycles. The van der Waals surface area contributed by atoms with Crippen LogP contribution in [-0.2, 0) is 14.1 Å². The van der Waals surface area contributed by atoms with Crippen molar-refractivity contribution in [3.8, 4) is 11.3 Å². The number of nitrogens with one attached hydrogen (secondary N) is 2. The molecule has 0 aliphatic rings. The van der Waals surface area contributed by atoms with Gasteiger partial charge in [-0.2, -0.15) is 0 Å². The molecule has 2 N–H and O–H groups in total. The molecular formula is C34H33ClN4. The molecule has 7 rings (SSSR count). The lowest BCUT2D eigenvalue weighted by Gasteiger charge is -2.04. The van der Waals surface area contributed by atoms with E-state index in [4.69, 9.17) is 11.6 Å². The van der Waals surface area contributed by atoms with Crippen LogP contribution >= 0.6 is 11.6 Å². The molecule has 3 heterocycles. The number of rotatable bonds is 3. The number of aromatic amines is 1. The molecule has 0 aliphatic heterocycles. The number of hydrogen-bond acceptors (Lipinski definition) is 1. The molecule has 0 bridgehead atoms. The first-order valence-corrected chi connectivity index (χ1v) is 13.6. The number of nitrogens with zero attached hydrogens (tertiary/aromatic N) is 2. The molecule has 39 heavy (non-hydrogen) atoms. The summed E-state index contributed by atoms with van der Waals surface area (Å²) in [6, 6.07) is 35.2. The predicted molar refractivity (Wildman–Crippen MR) is 169 cm³/mol. The van der Waals surface area contributed by atoms with Crippen LogP contribution in [0.4, 0.5) is 11.4 Å². The van der Waals surface area contributed by atoms with Crippen LogP contribution in [0.25, 0.3) is 44.0 Å². The highest BCUT2D eigenvalue weighted by molar-refractivity contribution is 6.30. The SMILES string of the molecule is CC.Clc1ccc(Nc2c[nH]c3ccccc23)cc1.Cn1cc(-c2cc3ccccc3n2C)c2ccccc21. The topological polar surface area (TPSA) is 37.7 Å². The summed E-state index contributed by atoms with van der Waals surface area (Å²) in [5.74, 6) is 0. The van der Waals surface area contributed by atoms with E-state index in [2.05, 4.69) is 106 Å². The quantitative estimate of drug-likeness (QED) is 0.233. The number of halogens is 1. The number of aromatic nitrogens is 3. The first-order valence-electron chi connectivity index (χ1n) is 13.3. The molecule has 0 unspecified atom stereocenters. The van der Waals surface area contributed by atoms with Gasteiger partial charge in [0, 0.05) is 75.5 Å². The average Bonchev–Trinajstić information content (AvgIpc) is 3.65. The average molecular weight is 533 g/mol. The van der Waals surface area contributed by atoms with Crippen LogP contribution in [0.1, 0.15) is 13.8 Å². The molecule has 0 saturated heterocycles. The van der Waals surface area contributed by atoms with Gasteiger partial charge in [0.25, 0.3) is 0 Å². The standard InChI is InChI=1S/C18H16N2.C14H11ClN2.C2H6/c1-19-12-15(14-8-4-6-10-17(14)19)18-11-13-7-3-5-9-16(13)20(18)2;15-10-5-7-11(8-6-10)17-14-9-16-13-4-2-1-3-12(13)14;1-2/h3-12H,1-2H3;1-9,16-17H;1-2H3. The number of H-pyrrole nitrogens is 1. The first-order chi connectivity index (χ1) is 19.1. The van der Waals surface area contributed by atoms with Crippen LogP contribution in [0.5, 0.6) is 0 Å². The Morgan fingerprint density at radius 1 is 0.718 bits per heavy atom. The fraction of sp³-hybridized carbons (Fsp3) is 0.118. The summed E-state index contributed by atoms with van der Waals surface area (Å²) in [5, 5.41) is 7.89. The highest BCUT2D eigenvalue weighted by Crippen LogP contribution is 2.33. The van der Waals surface area contributed by atoms with Gasteiger partial charge in [-0.25, -0.2) is 0 Å². The lowest BCUT2D eigenvalue weighted by molar-refractivity contribution is 0.957. The van der Waals surface area contributed by atoms with E-state index in [-0.39, 0.29) is 0 Å². The highest BCUT2D eigenvalue weighted by Gasteiger charge is 2.13. The van der Waals surface area contributed by atoms with Crippen molar-refractivity contribution in [3.05, 3.63) is 121 Å². The molecule has 3 aromatic heterocycles. The number of aryl methyl sites for hydroxylation is 2. The summed E-state index contributed by atoms with van der Waals surface area (Å²) < 4.78 is 4.47. The minimum Gasteiger partial charge on any atom is -0.359 e. The highest BCUT2D eigenvalue weighted by atomic mass is 35.5. The zero-order valence-corrected chi connectivity index (χ0v) is 23.5. The Hall–Kier alpha value is -4.41. The predicted octanol–water partition coefficient (Wildman–Crippen LogP) is 9.93. The van der Waals surface area contributed by atoms with E-state index in [1.807, 2.05) is 56.4 Å². The van der Waals surface area contributed by atoms with Gasteiger partial charge in [0.05, 0.1) is 11.4 Å². The van der Waals surface area contributed by atoms with E-state index in [0.717, 1.165) is 21.9 Å². The lowest BCUT2D eigenvalue weighted by Crippen LogP contribution is -1.90. The van der Waals surface area contributed by atoms with Crippen molar-refractivity contribution in [3.63, 3.8) is 0 Å². The zero-order chi connectivity index (χ0) is 27.4. The fourth-order valence-corrected chi connectivity index (χ4v) is 5.08. The number of benzene rings is 4. The molecule has 0 amide bonds. The first kappa shape index (κ1) is 26.2. The minimum absolute atomic E-state index is 0.745. The Morgan fingerprint density at radius 3 is 2.10 bits per heavy atom. The van der Waals surface area contributed by atoms with E-state index in [0.29, 0.717) is 0 Å². The fourth-order valence-electron chi connectivity index (χ4n) is 4.96. The Morgan fingerprint density at radius 2 is 1.36 bits per heavy atom. The summed E-state index contributed by atoms with van der Waals surface area (Å²) in [6.07, 6.45) is 4.19. The van der Waals surface area contributed by atoms with Crippen molar-refractivity contribution in [2.24, 2.45) is 14.1 Å². The third kappa shape index (κ3) is 5.29. The number of fused-ring (bicyclic) bond motifs is 3. The molecule has 0 atom stereocenters. The Kier molecular flexibility index (Phi) is 7.76. The zero-order valence-electron chi connectivity index (χ0n) is 22.7. The van der Waals surface area contributed by atoms with Gasteiger partial charge in [-0.3, -0.25) is 0 Å². The van der Waals surface area contributed by atoms with E-state index in [1.165, 1.54) is 38.4 Å². The van der Waals surface area contributed by atoms with Gasteiger partial charge in [0.1, 0.15) is 0 Å². The summed E-state index contributed by atoms with van der Waals surface area (Å²) in [7, 11) is 4.24. The Balaban J connectivity index is 0.000000151. The monoisotopic (exact) mass is 532 g/mol. The second kappa shape index (κ2) is 11.5. The Labute approximate surface area is 234 Å². The smallest absolute Gasteiger partial charge is 0.0641 e. The van der Waals surface area contributed by atoms with E-state index >= 15 is 0 Å². The number of hydrogen-bond donors (Lipinski definition) is 2. The van der Waals surface area contributed by atoms with E-state index in [1.54, 1.807) is 0 Å². The molecule has 0 radical (unpaired) electrons. The van der Waals surface area contributed by atoms with Crippen molar-refractivity contribution in [1.82, 2.24) is 14.1 Å². The second-order valence-corrected chi connectivity index (χ2v) is 9.63. The molecule has 4 aromatic carbocycles. The lowest BCUT2D eigenvalue weighted by atomic mass is 10.1. The van der Waals surface area contributed by atoms with E-state index in [9.17, 15) is 0 Å². The van der Waals surface area contributed by atoms with Crippen molar-refractivity contribution < 1.29 is 0 Å². The third-order valence-corrected chi connectivity index (χ3v) is 7.09. The van der Waals surface area contributed by atoms with Crippen molar-refractivity contribution in [1.29, 1.82) is 0 Å². The molecule has 4 nitrogen and oxygen atoms in total. The summed E-state index contributed by atoms with van der Waals surface area (Å²) >= 11 is 5.85. The molecule has 0 saturated carbocycles. The second-order valence-electron chi connectivity index (χ2n) is 9.20. The van der Waals surface area contributed by atoms with E-state index < -0.39 is 0 Å². The minimum atomic E-state index is 0.745. The van der Waals surface area contributed by atoms with Gasteiger partial charge in [0.15, 0.2) is 0 Å². The van der Waals surface area contributed by atoms with Gasteiger partial charge in [-0.05, 0) is 48.5 Å². The molecular weight excluding hydrogens is 500 g/mol. The molecule has 7 aromatic rings. The molecule has 196 valence electrons. The van der Waals surface area contributed by atoms with Crippen molar-refractivity contribution >= 4 is 55.7 Å². The Bertz CT molecular complexity index is 1840. The molecule has 5 heteroatoms. The largest absolute Gasteiger partial charge is 0.359 e. The van der Waals surface area contributed by atoms with Crippen LogP contribution in [0.15, 0.2) is 116 Å². The third-order valence-electron chi connectivity index (χ3n) is 6.84. The summed E-state index contributed by atoms with van der Waals surface area (Å²) in [4.78, 5) is 3.23. The van der Waals surface area contributed by atoms with Gasteiger partial charge in [0.2, 0.25) is 0 Å². The number of anilines is 2. The van der Waals surface area contributed by atoms with Gasteiger partial charge in [-0.1, -0.05) is 80.0 Å². The molecule has 0 fully saturated rings. The molecule has 0 spiro atoms. The van der Waals surface area contributed by atoms with Gasteiger partial charge < -0.3 is 19.4 Å². The summed E-state index contributed by atoms with van der Waals surface area (Å²) in [6.45, 7) is 4.00. The number of para-hydroxylation sites is 3.